The lowest BCUT2D eigenvalue weighted by molar-refractivity contribution is -0.144. The van der Waals surface area contributed by atoms with Crippen molar-refractivity contribution in [1.29, 1.82) is 0 Å². The van der Waals surface area contributed by atoms with Crippen LogP contribution in [0.2, 0.25) is 5.02 Å². The minimum Gasteiger partial charge on any atom is -0.391 e. The predicted molar refractivity (Wildman–Crippen MR) is 413 cm³/mol. The average molecular weight is 1570 g/mol. The number of aryl methyl sites for hydroxylation is 1. The van der Waals surface area contributed by atoms with Crippen molar-refractivity contribution in [3.05, 3.63) is 164 Å². The number of β-amino-alcohol motifs (C(OH)–C–C–N with tert-alkyl or cyclic N) is 1. The van der Waals surface area contributed by atoms with Crippen molar-refractivity contribution in [2.45, 2.75) is 165 Å². The Morgan fingerprint density at radius 3 is 2.11 bits per heavy atom. The zero-order valence-electron chi connectivity index (χ0n) is 61.3. The van der Waals surface area contributed by atoms with Crippen molar-refractivity contribution < 1.29 is 59.1 Å². The summed E-state index contributed by atoms with van der Waals surface area (Å²) >= 11 is 9.24. The maximum absolute atomic E-state index is 14.7. The molecule has 576 valence electrons. The maximum atomic E-state index is 14.7. The first kappa shape index (κ1) is 79.6. The van der Waals surface area contributed by atoms with E-state index in [1.165, 1.54) is 64.8 Å². The van der Waals surface area contributed by atoms with Crippen LogP contribution >= 0.6 is 34.7 Å². The number of allylic oxidation sites excluding steroid dienone is 2. The van der Waals surface area contributed by atoms with Crippen molar-refractivity contribution in [2.24, 2.45) is 22.7 Å². The van der Waals surface area contributed by atoms with E-state index in [9.17, 15) is 59.1 Å². The summed E-state index contributed by atoms with van der Waals surface area (Å²) in [4.78, 5) is 83.5. The number of thioether (sulfide) groups is 1. The molecule has 107 heavy (non-hydrogen) atoms. The van der Waals surface area contributed by atoms with Crippen LogP contribution in [-0.4, -0.2) is 190 Å². The molecule has 5 heterocycles. The first-order valence-electron chi connectivity index (χ1n) is 37.3. The van der Waals surface area contributed by atoms with Crippen LogP contribution in [0, 0.1) is 29.6 Å². The third kappa shape index (κ3) is 19.6. The van der Waals surface area contributed by atoms with Gasteiger partial charge in [-0.2, -0.15) is 13.2 Å². The molecule has 3 aliphatic carbocycles. The highest BCUT2D eigenvalue weighted by molar-refractivity contribution is 7.99. The fourth-order valence-corrected chi connectivity index (χ4v) is 20.2. The van der Waals surface area contributed by atoms with Gasteiger partial charge in [-0.3, -0.25) is 28.9 Å². The molecule has 8 atom stereocenters. The molecule has 1 unspecified atom stereocenters. The largest absolute Gasteiger partial charge is 0.501 e. The summed E-state index contributed by atoms with van der Waals surface area (Å²) < 4.78 is 101. The number of anilines is 1. The molecule has 7 aliphatic rings. The van der Waals surface area contributed by atoms with E-state index >= 15 is 0 Å². The molecule has 0 radical (unpaired) electrons. The lowest BCUT2D eigenvalue weighted by atomic mass is 9.79. The number of hydrogen-bond acceptors (Lipinski definition) is 17. The molecule has 12 rings (SSSR count). The number of fused-ring (bicyclic) bond motifs is 1. The van der Waals surface area contributed by atoms with Gasteiger partial charge in [0.1, 0.15) is 12.1 Å². The molecule has 4 aromatic carbocycles. The van der Waals surface area contributed by atoms with Crippen LogP contribution in [0.1, 0.15) is 144 Å². The number of aliphatic hydroxyl groups excluding tert-OH is 1. The number of carbonyl (C=O) groups excluding carboxylic acids is 5. The molecule has 4 saturated heterocycles. The summed E-state index contributed by atoms with van der Waals surface area (Å²) in [5, 5.41) is 20.6. The molecular formula is C79H98ClF3N10O10S4. The SMILES string of the molecule is Cc1ncsc1-c1ccc([C@H](C)NC(=O)[C@@H]2C[C@@H](O)CN2C(=O)[C@@H](NC(=O)CCCCCC(=O)N2C[C@H]3CN(CC[C@H](CSc4ccccc4)NC4CC=C(S(=O)(=O)NC(=O)c5ccc(N6CCN(CC7=C(c8ccc(Cl)cc8)CCC8(CC8)C7)CC6)cc5)C=C4S(=O)(=O)C(F)(F)F)C[C@H]3C2)C(C)(C)C)cc1. The number of unbranched alkanes of at least 4 members (excludes halogenated alkanes) is 2. The van der Waals surface area contributed by atoms with Gasteiger partial charge in [-0.25, -0.2) is 26.5 Å². The Labute approximate surface area is 639 Å². The third-order valence-corrected chi connectivity index (χ3v) is 27.8. The number of amides is 5. The highest BCUT2D eigenvalue weighted by Gasteiger charge is 2.52. The van der Waals surface area contributed by atoms with Crippen molar-refractivity contribution in [1.82, 2.24) is 45.3 Å². The van der Waals surface area contributed by atoms with Gasteiger partial charge < -0.3 is 40.7 Å². The second kappa shape index (κ2) is 33.7. The van der Waals surface area contributed by atoms with E-state index < -0.39 is 101 Å². The number of sulfone groups is 1. The van der Waals surface area contributed by atoms with E-state index in [0.29, 0.717) is 87.1 Å². The van der Waals surface area contributed by atoms with Gasteiger partial charge in [0.25, 0.3) is 25.8 Å². The van der Waals surface area contributed by atoms with E-state index in [1.54, 1.807) is 29.0 Å². The number of thiazole rings is 1. The van der Waals surface area contributed by atoms with E-state index in [4.69, 9.17) is 11.6 Å². The van der Waals surface area contributed by atoms with Gasteiger partial charge in [0.2, 0.25) is 23.6 Å². The van der Waals surface area contributed by atoms with Gasteiger partial charge >= 0.3 is 5.51 Å². The van der Waals surface area contributed by atoms with E-state index in [1.807, 2.05) is 111 Å². The van der Waals surface area contributed by atoms with Crippen LogP contribution < -0.4 is 25.6 Å². The predicted octanol–water partition coefficient (Wildman–Crippen LogP) is 11.7. The van der Waals surface area contributed by atoms with Crippen LogP contribution in [-0.2, 0) is 39.0 Å². The smallest absolute Gasteiger partial charge is 0.391 e. The fraction of sp³-hybridized carbons (Fsp3) is 0.519. The number of likely N-dealkylation sites (tertiary alicyclic amines) is 3. The second-order valence-electron chi connectivity index (χ2n) is 31.2. The Morgan fingerprint density at radius 2 is 1.47 bits per heavy atom. The minimum absolute atomic E-state index is 0.0130. The van der Waals surface area contributed by atoms with Crippen LogP contribution in [0.3, 0.4) is 0 Å². The highest BCUT2D eigenvalue weighted by atomic mass is 35.5. The van der Waals surface area contributed by atoms with Crippen LogP contribution in [0.4, 0.5) is 18.9 Å². The number of alkyl halides is 3. The zero-order valence-corrected chi connectivity index (χ0v) is 65.3. The van der Waals surface area contributed by atoms with Crippen molar-refractivity contribution in [2.75, 3.05) is 82.6 Å². The topological polar surface area (TPSA) is 251 Å². The monoisotopic (exact) mass is 1570 g/mol. The molecule has 20 nitrogen and oxygen atoms in total. The number of nitrogens with one attached hydrogen (secondary N) is 4. The van der Waals surface area contributed by atoms with Gasteiger partial charge in [0.15, 0.2) is 0 Å². The number of piperazine rings is 1. The Hall–Kier alpha value is -6.95. The number of sulfonamides is 1. The first-order valence-corrected chi connectivity index (χ1v) is 42.5. The highest BCUT2D eigenvalue weighted by Crippen LogP contribution is 2.59. The molecular weight excluding hydrogens is 1470 g/mol. The molecule has 28 heteroatoms. The second-order valence-corrected chi connectivity index (χ2v) is 37.2. The van der Waals surface area contributed by atoms with Gasteiger partial charge in [0, 0.05) is 124 Å². The van der Waals surface area contributed by atoms with Crippen molar-refractivity contribution in [3.8, 4) is 10.4 Å². The summed E-state index contributed by atoms with van der Waals surface area (Å²) in [6, 6.07) is 27.4. The summed E-state index contributed by atoms with van der Waals surface area (Å²) in [5.41, 5.74) is 3.52. The number of aliphatic hydroxyl groups is 1. The number of hydrogen-bond donors (Lipinski definition) is 5. The van der Waals surface area contributed by atoms with Crippen LogP contribution in [0.25, 0.3) is 16.0 Å². The average Bonchev–Trinajstić information content (AvgIpc) is 1.48. The molecule has 1 spiro atoms. The van der Waals surface area contributed by atoms with Crippen LogP contribution in [0.15, 0.2) is 141 Å². The zero-order chi connectivity index (χ0) is 76.2. The maximum Gasteiger partial charge on any atom is 0.501 e. The first-order chi connectivity index (χ1) is 50.9. The third-order valence-electron chi connectivity index (χ3n) is 22.4. The number of halogens is 4. The lowest BCUT2D eigenvalue weighted by Crippen LogP contribution is -2.57. The molecule has 5 aromatic rings. The standard InChI is InChI=1S/C79H98ClF3N10O10S4/c1-51(53-16-18-55(19-17-53)72-52(2)84-50-105-72)85-75(98)68-40-63(94)48-93(68)76(99)73(77(3,4)5)87-70(95)14-10-7-11-15-71(96)92-46-58-44-90(45-59(58)47-92)35-31-61(49-104-64-12-8-6-9-13-64)86-67-29-28-65(41-69(67)106(100,101)79(81,82)83)107(102,103)88-74(97)56-22-26-62(27-23-56)91-38-36-89(37-39-91)43-57-42-78(33-34-78)32-30-66(57)54-20-24-60(80)25-21-54/h6,8-9,12-13,16-28,41,50-51,58-59,61,63,67-68,73,86,94H,7,10-11,14-15,29-40,42-49H2,1-5H3,(H,85,98)(H,87,95)(H,88,97)/t51-,58-,59+,61+,63+,67?,68-,73+/m0/s1. The van der Waals surface area contributed by atoms with Crippen molar-refractivity contribution in [3.63, 3.8) is 0 Å². The number of nitrogens with zero attached hydrogens (tertiary/aromatic N) is 6. The molecule has 4 aliphatic heterocycles. The molecule has 5 amide bonds. The number of rotatable bonds is 28. The quantitative estimate of drug-likeness (QED) is 0.0231. The van der Waals surface area contributed by atoms with E-state index in [-0.39, 0.29) is 48.6 Å². The summed E-state index contributed by atoms with van der Waals surface area (Å²) in [5.74, 6) is -1.53. The summed E-state index contributed by atoms with van der Waals surface area (Å²) in [6.45, 7) is 16.2. The molecule has 1 aromatic heterocycles. The minimum atomic E-state index is -6.10. The van der Waals surface area contributed by atoms with Gasteiger partial charge in [-0.15, -0.1) is 23.1 Å². The fourth-order valence-electron chi connectivity index (χ4n) is 16.0. The van der Waals surface area contributed by atoms with Gasteiger partial charge in [0.05, 0.1) is 38.0 Å². The number of benzene rings is 4. The molecule has 1 saturated carbocycles. The van der Waals surface area contributed by atoms with E-state index in [2.05, 4.69) is 47.8 Å². The molecule has 0 bridgehead atoms. The Kier molecular flexibility index (Phi) is 25.1. The lowest BCUT2D eigenvalue weighted by Gasteiger charge is -2.38. The number of aromatic nitrogens is 1. The van der Waals surface area contributed by atoms with Gasteiger partial charge in [-0.1, -0.05) is 105 Å². The summed E-state index contributed by atoms with van der Waals surface area (Å²) in [6.07, 6.45) is 8.67. The Bertz CT molecular complexity index is 4360. The van der Waals surface area contributed by atoms with E-state index in [0.717, 1.165) is 83.9 Å². The Balaban J connectivity index is 0.594. The normalized spacial score (nSPS) is 22.3. The summed E-state index contributed by atoms with van der Waals surface area (Å²) in [7, 11) is -11.0. The molecule has 5 fully saturated rings. The Morgan fingerprint density at radius 1 is 0.794 bits per heavy atom. The number of carbonyl (C=O) groups is 5. The van der Waals surface area contributed by atoms with Crippen molar-refractivity contribution >= 4 is 95.4 Å². The van der Waals surface area contributed by atoms with Crippen LogP contribution in [0.5, 0.6) is 0 Å². The van der Waals surface area contributed by atoms with Gasteiger partial charge in [-0.05, 0) is 178 Å². The molecule has 5 N–H and O–H groups in total.